The van der Waals surface area contributed by atoms with Crippen molar-refractivity contribution in [1.29, 1.82) is 0 Å². The molecule has 1 saturated heterocycles. The molecule has 1 N–H and O–H groups in total. The summed E-state index contributed by atoms with van der Waals surface area (Å²) in [6.45, 7) is 0.267. The van der Waals surface area contributed by atoms with Crippen LogP contribution in [0.3, 0.4) is 0 Å². The fraction of sp³-hybridized carbons (Fsp3) is 0.294. The third-order valence-corrected chi connectivity index (χ3v) is 3.87. The van der Waals surface area contributed by atoms with Crippen LogP contribution < -0.4 is 5.32 Å². The average molecular weight is 384 g/mol. The second-order valence-corrected chi connectivity index (χ2v) is 5.89. The second-order valence-electron chi connectivity index (χ2n) is 5.89. The molecule has 1 aliphatic heterocycles. The Labute approximate surface area is 159 Å². The Morgan fingerprint density at radius 3 is 2.29 bits per heavy atom. The largest absolute Gasteiger partial charge is 0.352 e. The van der Waals surface area contributed by atoms with Gasteiger partial charge in [0.2, 0.25) is 11.7 Å². The van der Waals surface area contributed by atoms with Gasteiger partial charge in [-0.1, -0.05) is 24.3 Å². The highest BCUT2D eigenvalue weighted by Gasteiger charge is 2.32. The predicted molar refractivity (Wildman–Crippen MR) is 91.3 cm³/mol. The molecule has 1 aromatic heterocycles. The first-order valence-corrected chi connectivity index (χ1v) is 8.46. The summed E-state index contributed by atoms with van der Waals surface area (Å²) in [5.41, 5.74) is 1.58. The van der Waals surface area contributed by atoms with Crippen molar-refractivity contribution in [3.05, 3.63) is 36.2 Å². The van der Waals surface area contributed by atoms with Crippen molar-refractivity contribution in [2.75, 3.05) is 0 Å². The number of benzene rings is 1. The van der Waals surface area contributed by atoms with Gasteiger partial charge in [0.05, 0.1) is 6.42 Å². The maximum absolute atomic E-state index is 11.9. The van der Waals surface area contributed by atoms with Gasteiger partial charge in [-0.15, -0.1) is 25.5 Å². The Morgan fingerprint density at radius 2 is 1.64 bits per heavy atom. The van der Waals surface area contributed by atoms with Crippen molar-refractivity contribution >= 4 is 23.7 Å². The molecule has 1 fully saturated rings. The summed E-state index contributed by atoms with van der Waals surface area (Å²) in [5, 5.41) is 18.2. The van der Waals surface area contributed by atoms with E-state index < -0.39 is 17.8 Å². The minimum atomic E-state index is -0.812. The zero-order chi connectivity index (χ0) is 19.9. The van der Waals surface area contributed by atoms with E-state index in [-0.39, 0.29) is 38.1 Å². The summed E-state index contributed by atoms with van der Waals surface area (Å²) < 4.78 is 0. The predicted octanol–water partition coefficient (Wildman–Crippen LogP) is -0.0628. The van der Waals surface area contributed by atoms with Gasteiger partial charge in [-0.3, -0.25) is 14.4 Å². The zero-order valence-electron chi connectivity index (χ0n) is 14.7. The van der Waals surface area contributed by atoms with E-state index in [1.54, 1.807) is 24.3 Å². The van der Waals surface area contributed by atoms with Crippen LogP contribution in [0.2, 0.25) is 0 Å². The van der Waals surface area contributed by atoms with Crippen LogP contribution in [0.5, 0.6) is 0 Å². The van der Waals surface area contributed by atoms with Gasteiger partial charge >= 0.3 is 5.97 Å². The quantitative estimate of drug-likeness (QED) is 0.649. The standard InChI is InChI=1S/C17H16N6O5/c24-13(5-8-16(27)28-23-14(25)6-7-15(23)26)18-9-11-1-3-12(4-2-11)17-21-19-10-20-22-17/h1-4,10H,5-9H2,(H,18,24). The van der Waals surface area contributed by atoms with E-state index >= 15 is 0 Å². The molecule has 2 heterocycles. The number of rotatable bonds is 7. The normalized spacial score (nSPS) is 13.5. The van der Waals surface area contributed by atoms with Crippen molar-refractivity contribution in [2.45, 2.75) is 32.2 Å². The zero-order valence-corrected chi connectivity index (χ0v) is 14.7. The van der Waals surface area contributed by atoms with E-state index in [1.807, 2.05) is 0 Å². The lowest BCUT2D eigenvalue weighted by molar-refractivity contribution is -0.197. The van der Waals surface area contributed by atoms with Crippen LogP contribution in [0.4, 0.5) is 0 Å². The topological polar surface area (TPSA) is 144 Å². The Balaban J connectivity index is 1.41. The molecule has 0 spiro atoms. The Bertz CT molecular complexity index is 871. The number of aromatic nitrogens is 4. The molecule has 0 saturated carbocycles. The fourth-order valence-corrected chi connectivity index (χ4v) is 2.40. The lowest BCUT2D eigenvalue weighted by atomic mass is 10.1. The molecule has 1 aromatic carbocycles. The van der Waals surface area contributed by atoms with Crippen molar-refractivity contribution in [1.82, 2.24) is 30.8 Å². The van der Waals surface area contributed by atoms with E-state index in [4.69, 9.17) is 4.84 Å². The number of hydrogen-bond donors (Lipinski definition) is 1. The fourth-order valence-electron chi connectivity index (χ4n) is 2.40. The van der Waals surface area contributed by atoms with Gasteiger partial charge in [-0.25, -0.2) is 4.79 Å². The lowest BCUT2D eigenvalue weighted by Crippen LogP contribution is -2.32. The molecular weight excluding hydrogens is 368 g/mol. The molecule has 144 valence electrons. The lowest BCUT2D eigenvalue weighted by Gasteiger charge is -2.12. The van der Waals surface area contributed by atoms with Crippen LogP contribution in [-0.4, -0.2) is 49.1 Å². The third kappa shape index (κ3) is 4.90. The second kappa shape index (κ2) is 8.75. The number of hydrogen-bond acceptors (Lipinski definition) is 9. The third-order valence-electron chi connectivity index (χ3n) is 3.87. The first-order chi connectivity index (χ1) is 13.5. The van der Waals surface area contributed by atoms with Gasteiger partial charge < -0.3 is 10.2 Å². The molecule has 2 aromatic rings. The summed E-state index contributed by atoms with van der Waals surface area (Å²) in [5.74, 6) is -1.89. The summed E-state index contributed by atoms with van der Waals surface area (Å²) in [4.78, 5) is 51.0. The van der Waals surface area contributed by atoms with E-state index in [0.717, 1.165) is 11.1 Å². The molecule has 3 rings (SSSR count). The monoisotopic (exact) mass is 384 g/mol. The van der Waals surface area contributed by atoms with Crippen molar-refractivity contribution in [2.24, 2.45) is 0 Å². The van der Waals surface area contributed by atoms with E-state index in [0.29, 0.717) is 10.9 Å². The smallest absolute Gasteiger partial charge is 0.333 e. The highest BCUT2D eigenvalue weighted by molar-refractivity contribution is 6.01. The Morgan fingerprint density at radius 1 is 1.00 bits per heavy atom. The summed E-state index contributed by atoms with van der Waals surface area (Å²) in [6, 6.07) is 7.15. The van der Waals surface area contributed by atoms with E-state index in [9.17, 15) is 19.2 Å². The average Bonchev–Trinajstić information content (AvgIpc) is 3.04. The summed E-state index contributed by atoms with van der Waals surface area (Å²) in [7, 11) is 0. The van der Waals surface area contributed by atoms with Crippen LogP contribution in [0.1, 0.15) is 31.2 Å². The first-order valence-electron chi connectivity index (χ1n) is 8.46. The molecule has 28 heavy (non-hydrogen) atoms. The highest BCUT2D eigenvalue weighted by atomic mass is 16.7. The summed E-state index contributed by atoms with van der Waals surface area (Å²) in [6.07, 6.45) is 0.920. The molecule has 0 radical (unpaired) electrons. The number of imide groups is 1. The molecule has 1 aliphatic rings. The van der Waals surface area contributed by atoms with Gasteiger partial charge in [0.25, 0.3) is 11.8 Å². The van der Waals surface area contributed by atoms with E-state index in [1.165, 1.54) is 6.33 Å². The highest BCUT2D eigenvalue weighted by Crippen LogP contribution is 2.14. The van der Waals surface area contributed by atoms with Crippen LogP contribution >= 0.6 is 0 Å². The molecule has 0 unspecified atom stereocenters. The number of hydroxylamine groups is 2. The SMILES string of the molecule is O=C(CCC(=O)ON1C(=O)CCC1=O)NCc1ccc(-c2nncnn2)cc1. The first kappa shape index (κ1) is 19.0. The Hall–Kier alpha value is -3.76. The number of amides is 3. The maximum Gasteiger partial charge on any atom is 0.333 e. The van der Waals surface area contributed by atoms with Gasteiger partial charge in [0.1, 0.15) is 0 Å². The molecule has 3 amide bonds. The number of carbonyl (C=O) groups excluding carboxylic acids is 4. The van der Waals surface area contributed by atoms with Gasteiger partial charge in [0, 0.05) is 31.4 Å². The molecule has 0 bridgehead atoms. The van der Waals surface area contributed by atoms with Crippen LogP contribution in [0, 0.1) is 0 Å². The van der Waals surface area contributed by atoms with Crippen molar-refractivity contribution in [3.63, 3.8) is 0 Å². The van der Waals surface area contributed by atoms with Crippen molar-refractivity contribution in [3.8, 4) is 11.4 Å². The van der Waals surface area contributed by atoms with Crippen molar-refractivity contribution < 1.29 is 24.0 Å². The van der Waals surface area contributed by atoms with Crippen LogP contribution in [0.25, 0.3) is 11.4 Å². The Kier molecular flexibility index (Phi) is 5.94. The van der Waals surface area contributed by atoms with Crippen LogP contribution in [-0.2, 0) is 30.6 Å². The molecule has 11 heteroatoms. The summed E-state index contributed by atoms with van der Waals surface area (Å²) >= 11 is 0. The van der Waals surface area contributed by atoms with Gasteiger partial charge in [0.15, 0.2) is 6.33 Å². The molecular formula is C17H16N6O5. The van der Waals surface area contributed by atoms with E-state index in [2.05, 4.69) is 25.7 Å². The van der Waals surface area contributed by atoms with Gasteiger partial charge in [-0.05, 0) is 5.56 Å². The molecule has 0 atom stereocenters. The maximum atomic E-state index is 11.9. The van der Waals surface area contributed by atoms with Gasteiger partial charge in [-0.2, -0.15) is 0 Å². The number of nitrogens with zero attached hydrogens (tertiary/aromatic N) is 5. The molecule has 11 nitrogen and oxygen atoms in total. The number of carbonyl (C=O) groups is 4. The minimum absolute atomic E-state index is 0.0226. The number of nitrogens with one attached hydrogen (secondary N) is 1. The minimum Gasteiger partial charge on any atom is -0.352 e. The van der Waals surface area contributed by atoms with Crippen LogP contribution in [0.15, 0.2) is 30.6 Å². The molecule has 0 aliphatic carbocycles.